The number of imide groups is 1. The summed E-state index contributed by atoms with van der Waals surface area (Å²) in [7, 11) is 0. The number of hydrogen-bond donors (Lipinski definition) is 0. The highest BCUT2D eigenvalue weighted by atomic mass is 32.1. The monoisotopic (exact) mass is 441 g/mol. The van der Waals surface area contributed by atoms with Crippen molar-refractivity contribution in [2.45, 2.75) is 0 Å². The molecule has 2 amide bonds. The van der Waals surface area contributed by atoms with Gasteiger partial charge in [0, 0.05) is 5.39 Å². The average Bonchev–Trinajstić information content (AvgIpc) is 3.44. The van der Waals surface area contributed by atoms with Crippen molar-refractivity contribution in [3.8, 4) is 0 Å². The van der Waals surface area contributed by atoms with E-state index in [1.807, 2.05) is 30.3 Å². The molecule has 0 unspecified atom stereocenters. The average molecular weight is 441 g/mol. The van der Waals surface area contributed by atoms with Gasteiger partial charge >= 0.3 is 5.97 Å². The molecule has 156 valence electrons. The van der Waals surface area contributed by atoms with Crippen LogP contribution in [-0.4, -0.2) is 30.2 Å². The Morgan fingerprint density at radius 3 is 2.44 bits per heavy atom. The van der Waals surface area contributed by atoms with Gasteiger partial charge in [0.2, 0.25) is 5.78 Å². The molecule has 2 heterocycles. The highest BCUT2D eigenvalue weighted by molar-refractivity contribution is 7.12. The molecule has 0 radical (unpaired) electrons. The summed E-state index contributed by atoms with van der Waals surface area (Å²) in [6, 6.07) is 20.5. The molecule has 1 aliphatic rings. The standard InChI is InChI=1S/C25H15NO5S/c27-21(22-9-4-12-32-22)14-31-25(30)16-10-11-18-19(13-16)24(29)26(23(18)28)20-8-3-6-15-5-1-2-7-17(15)20/h1-13H,14H2. The highest BCUT2D eigenvalue weighted by Crippen LogP contribution is 2.34. The third-order valence-corrected chi connectivity index (χ3v) is 6.17. The Bertz CT molecular complexity index is 1400. The maximum atomic E-state index is 13.1. The zero-order chi connectivity index (χ0) is 22.2. The Morgan fingerprint density at radius 1 is 0.844 bits per heavy atom. The molecular weight excluding hydrogens is 426 g/mol. The number of carbonyl (C=O) groups excluding carboxylic acids is 4. The highest BCUT2D eigenvalue weighted by Gasteiger charge is 2.38. The van der Waals surface area contributed by atoms with Gasteiger partial charge in [0.15, 0.2) is 6.61 Å². The van der Waals surface area contributed by atoms with Crippen LogP contribution in [0.2, 0.25) is 0 Å². The molecule has 0 spiro atoms. The number of benzene rings is 3. The lowest BCUT2D eigenvalue weighted by Crippen LogP contribution is -2.29. The molecule has 6 nitrogen and oxygen atoms in total. The van der Waals surface area contributed by atoms with E-state index in [4.69, 9.17) is 4.74 Å². The predicted molar refractivity (Wildman–Crippen MR) is 120 cm³/mol. The molecule has 1 aromatic heterocycles. The quantitative estimate of drug-likeness (QED) is 0.254. The van der Waals surface area contributed by atoms with Crippen molar-refractivity contribution < 1.29 is 23.9 Å². The molecule has 0 aliphatic carbocycles. The van der Waals surface area contributed by atoms with E-state index in [2.05, 4.69) is 0 Å². The Balaban J connectivity index is 1.41. The van der Waals surface area contributed by atoms with E-state index in [-0.39, 0.29) is 22.5 Å². The number of hydrogen-bond acceptors (Lipinski definition) is 6. The molecule has 1 aliphatic heterocycles. The van der Waals surface area contributed by atoms with Gasteiger partial charge in [-0.3, -0.25) is 14.4 Å². The fourth-order valence-electron chi connectivity index (χ4n) is 3.71. The lowest BCUT2D eigenvalue weighted by Gasteiger charge is -2.16. The predicted octanol–water partition coefficient (Wildman–Crippen LogP) is 4.74. The number of fused-ring (bicyclic) bond motifs is 2. The Hall–Kier alpha value is -4.10. The van der Waals surface area contributed by atoms with Gasteiger partial charge in [-0.2, -0.15) is 0 Å². The minimum Gasteiger partial charge on any atom is -0.454 e. The first-order valence-corrected chi connectivity index (χ1v) is 10.7. The second kappa shape index (κ2) is 7.86. The number of anilines is 1. The van der Waals surface area contributed by atoms with E-state index >= 15 is 0 Å². The molecule has 0 fully saturated rings. The number of esters is 1. The first-order valence-electron chi connectivity index (χ1n) is 9.79. The lowest BCUT2D eigenvalue weighted by molar-refractivity contribution is 0.0475. The molecule has 7 heteroatoms. The molecule has 4 aromatic rings. The van der Waals surface area contributed by atoms with Crippen LogP contribution >= 0.6 is 11.3 Å². The van der Waals surface area contributed by atoms with E-state index in [1.165, 1.54) is 29.5 Å². The molecule has 0 N–H and O–H groups in total. The van der Waals surface area contributed by atoms with Crippen LogP contribution in [0.5, 0.6) is 0 Å². The molecule has 0 bridgehead atoms. The minimum atomic E-state index is -0.735. The topological polar surface area (TPSA) is 80.8 Å². The first kappa shape index (κ1) is 19.8. The number of rotatable bonds is 5. The number of ether oxygens (including phenoxy) is 1. The van der Waals surface area contributed by atoms with E-state index in [0.29, 0.717) is 10.6 Å². The molecule has 3 aromatic carbocycles. The SMILES string of the molecule is O=C(OCC(=O)c1cccs1)c1ccc2c(c1)C(=O)N(c1cccc3ccccc13)C2=O. The van der Waals surface area contributed by atoms with Gasteiger partial charge in [0.1, 0.15) is 0 Å². The number of thiophene rings is 1. The van der Waals surface area contributed by atoms with Crippen LogP contribution in [0.4, 0.5) is 5.69 Å². The van der Waals surface area contributed by atoms with Gasteiger partial charge in [-0.15, -0.1) is 11.3 Å². The molecule has 32 heavy (non-hydrogen) atoms. The van der Waals surface area contributed by atoms with Crippen LogP contribution in [0.3, 0.4) is 0 Å². The van der Waals surface area contributed by atoms with Crippen LogP contribution in [-0.2, 0) is 4.74 Å². The number of nitrogens with zero attached hydrogens (tertiary/aromatic N) is 1. The summed E-state index contributed by atoms with van der Waals surface area (Å²) >= 11 is 1.27. The molecule has 0 atom stereocenters. The Labute approximate surface area is 186 Å². The second-order valence-corrected chi connectivity index (χ2v) is 8.13. The molecule has 0 saturated heterocycles. The molecular formula is C25H15NO5S. The van der Waals surface area contributed by atoms with Crippen LogP contribution in [0.25, 0.3) is 10.8 Å². The third kappa shape index (κ3) is 3.29. The van der Waals surface area contributed by atoms with E-state index < -0.39 is 24.4 Å². The van der Waals surface area contributed by atoms with Gasteiger partial charge in [0.05, 0.1) is 27.3 Å². The summed E-state index contributed by atoms with van der Waals surface area (Å²) in [5.74, 6) is -2.00. The van der Waals surface area contributed by atoms with Crippen molar-refractivity contribution >= 4 is 51.4 Å². The summed E-state index contributed by atoms with van der Waals surface area (Å²) < 4.78 is 5.11. The summed E-state index contributed by atoms with van der Waals surface area (Å²) in [4.78, 5) is 52.3. The number of Topliss-reactive ketones (excluding diaryl/α,β-unsaturated/α-hetero) is 1. The van der Waals surface area contributed by atoms with Crippen molar-refractivity contribution in [3.05, 3.63) is 99.7 Å². The van der Waals surface area contributed by atoms with Crippen LogP contribution in [0.15, 0.2) is 78.2 Å². The number of amides is 2. The van der Waals surface area contributed by atoms with Crippen molar-refractivity contribution in [2.75, 3.05) is 11.5 Å². The zero-order valence-electron chi connectivity index (χ0n) is 16.6. The summed E-state index contributed by atoms with van der Waals surface area (Å²) in [6.45, 7) is -0.397. The minimum absolute atomic E-state index is 0.101. The van der Waals surface area contributed by atoms with Crippen molar-refractivity contribution in [3.63, 3.8) is 0 Å². The van der Waals surface area contributed by atoms with Gasteiger partial charge < -0.3 is 4.74 Å². The summed E-state index contributed by atoms with van der Waals surface area (Å²) in [5.41, 5.74) is 0.930. The van der Waals surface area contributed by atoms with Gasteiger partial charge in [-0.1, -0.05) is 42.5 Å². The fraction of sp³-hybridized carbons (Fsp3) is 0.0400. The van der Waals surface area contributed by atoms with Crippen LogP contribution in [0, 0.1) is 0 Å². The van der Waals surface area contributed by atoms with E-state index in [0.717, 1.165) is 15.7 Å². The van der Waals surface area contributed by atoms with E-state index in [1.54, 1.807) is 29.6 Å². The second-order valence-electron chi connectivity index (χ2n) is 7.18. The van der Waals surface area contributed by atoms with Crippen molar-refractivity contribution in [2.24, 2.45) is 0 Å². The summed E-state index contributed by atoms with van der Waals surface area (Å²) in [6.07, 6.45) is 0. The van der Waals surface area contributed by atoms with Crippen LogP contribution in [0.1, 0.15) is 40.7 Å². The van der Waals surface area contributed by atoms with Gasteiger partial charge in [-0.05, 0) is 41.1 Å². The van der Waals surface area contributed by atoms with Gasteiger partial charge in [-0.25, -0.2) is 9.69 Å². The first-order chi connectivity index (χ1) is 15.5. The summed E-state index contributed by atoms with van der Waals surface area (Å²) in [5, 5.41) is 3.44. The maximum absolute atomic E-state index is 13.1. The molecule has 5 rings (SSSR count). The van der Waals surface area contributed by atoms with Crippen LogP contribution < -0.4 is 4.90 Å². The lowest BCUT2D eigenvalue weighted by atomic mass is 10.1. The maximum Gasteiger partial charge on any atom is 0.338 e. The largest absolute Gasteiger partial charge is 0.454 e. The normalized spacial score (nSPS) is 12.8. The smallest absolute Gasteiger partial charge is 0.338 e. The number of ketones is 1. The number of carbonyl (C=O) groups is 4. The fourth-order valence-corrected chi connectivity index (χ4v) is 4.36. The third-order valence-electron chi connectivity index (χ3n) is 5.26. The van der Waals surface area contributed by atoms with Gasteiger partial charge in [0.25, 0.3) is 11.8 Å². The van der Waals surface area contributed by atoms with E-state index in [9.17, 15) is 19.2 Å². The van der Waals surface area contributed by atoms with Crippen molar-refractivity contribution in [1.82, 2.24) is 0 Å². The molecule has 0 saturated carbocycles. The Morgan fingerprint density at radius 2 is 1.62 bits per heavy atom. The van der Waals surface area contributed by atoms with Crippen molar-refractivity contribution in [1.29, 1.82) is 0 Å². The Kier molecular flexibility index (Phi) is 4.88. The zero-order valence-corrected chi connectivity index (χ0v) is 17.4.